The zero-order chi connectivity index (χ0) is 93.8. The molecule has 6 amide bonds. The van der Waals surface area contributed by atoms with Crippen molar-refractivity contribution in [2.75, 3.05) is 42.3 Å². The Hall–Kier alpha value is -17.9. The molecule has 13 aromatic rings. The lowest BCUT2D eigenvalue weighted by Gasteiger charge is -2.06. The summed E-state index contributed by atoms with van der Waals surface area (Å²) in [7, 11) is 9.26. The lowest BCUT2D eigenvalue weighted by Crippen LogP contribution is -2.21. The average molecular weight is 1760 g/mol. The van der Waals surface area contributed by atoms with Crippen LogP contribution in [0.2, 0.25) is 0 Å². The van der Waals surface area contributed by atoms with E-state index in [1.807, 2.05) is 152 Å². The first-order chi connectivity index (χ1) is 61.2. The van der Waals surface area contributed by atoms with Gasteiger partial charge in [-0.25, -0.2) is 43.2 Å². The number of hydrogen-bond acceptors (Lipinski definition) is 29. The van der Waals surface area contributed by atoms with Gasteiger partial charge in [0.05, 0.1) is 0 Å². The Morgan fingerprint density at radius 1 is 0.273 bits per heavy atom. The number of esters is 5. The Morgan fingerprint density at radius 3 is 0.680 bits per heavy atom. The number of benzene rings is 5. The molecule has 8 heterocycles. The quantitative estimate of drug-likeness (QED) is 0.0142. The zero-order valence-electron chi connectivity index (χ0n) is 68.5. The van der Waals surface area contributed by atoms with E-state index >= 15 is 0 Å². The molecule has 0 spiro atoms. The predicted molar refractivity (Wildman–Crippen MR) is 441 cm³/mol. The number of nitrogens with zero attached hydrogens (tertiary/aromatic N) is 2. The van der Waals surface area contributed by atoms with Crippen LogP contribution in [0, 0.1) is 0 Å². The summed E-state index contributed by atoms with van der Waals surface area (Å²) >= 11 is 0. The molecule has 0 saturated heterocycles. The maximum Gasteiger partial charge on any atom is 0.374 e. The first-order valence-electron chi connectivity index (χ1n) is 36.9. The van der Waals surface area contributed by atoms with Crippen molar-refractivity contribution in [3.05, 3.63) is 369 Å². The maximum absolute atomic E-state index is 11.8. The highest BCUT2D eigenvalue weighted by Gasteiger charge is 2.23. The Labute approximate surface area is 724 Å². The van der Waals surface area contributed by atoms with Crippen molar-refractivity contribution in [1.29, 1.82) is 0 Å². The standard InChI is InChI=1S/C15H15NO4.C14H13NO4.C13H11NO4.C13H10O5.C13H10O4.C8H9NO4.C7H7NO4.C6H5NO4/c1-16(2)14(17)12-8-9-13(20-12)15(18)19-10-11-6-4-3-5-7-11;1-15-13(16)11-7-8-12(19-11)14(17)18-9-10-5-3-2-4-6-10;2*14-12(15)10-6-7-11(18-10)13(16)17-8-9-4-2-1-3-5-9;14-8-11-6-7-12(17-11)13(15)16-9-10-4-2-1-3-5-10;1-9(2)7(10)5-3-4-6(13-5)8(11)12;1-8-6(9)4-2-3-5(12-4)7(10)11;7-5(8)3-1-2-4(11-3)6(9)10/h3-9H,10H2,1-2H3;2-8H,9H2,1H3,(H,15,16);1-7H,8H2,(H2,14,15);1-7H,8H2,(H,14,15);1-8H,9H2;3-4H,1-2H3,(H,11,12);2-3H,1H3,(H,8,9)(H,10,11);1-2H,(H2,7,8)(H,9,10). The lowest BCUT2D eigenvalue weighted by molar-refractivity contribution is 0.0422. The topological polar surface area (TPSA) is 588 Å². The van der Waals surface area contributed by atoms with E-state index in [2.05, 4.69) is 19.5 Å². The normalized spacial score (nSPS) is 9.86. The molecule has 0 atom stereocenters. The molecule has 0 fully saturated rings. The van der Waals surface area contributed by atoms with Crippen LogP contribution >= 0.6 is 0 Å². The number of rotatable bonds is 26. The summed E-state index contributed by atoms with van der Waals surface area (Å²) < 4.78 is 64.2. The number of aromatic carboxylic acids is 4. The molecule has 664 valence electrons. The van der Waals surface area contributed by atoms with Gasteiger partial charge in [0.1, 0.15) is 33.0 Å². The highest BCUT2D eigenvalue weighted by Crippen LogP contribution is 2.19. The molecular weight excluding hydrogens is 1680 g/mol. The van der Waals surface area contributed by atoms with Gasteiger partial charge in [-0.05, 0) is 125 Å². The number of carbonyl (C=O) groups excluding carboxylic acids is 12. The van der Waals surface area contributed by atoms with Gasteiger partial charge in [0.2, 0.25) is 51.8 Å². The third kappa shape index (κ3) is 33.2. The average Bonchev–Trinajstić information content (AvgIpc) is 1.77. The van der Waals surface area contributed by atoms with Gasteiger partial charge in [0, 0.05) is 42.3 Å². The monoisotopic (exact) mass is 1760 g/mol. The largest absolute Gasteiger partial charge is 0.475 e. The fourth-order valence-electron chi connectivity index (χ4n) is 9.19. The minimum absolute atomic E-state index is 0.00472. The van der Waals surface area contributed by atoms with Gasteiger partial charge >= 0.3 is 53.7 Å². The number of hydrogen-bond donors (Lipinski definition) is 8. The number of carbonyl (C=O) groups is 16. The van der Waals surface area contributed by atoms with E-state index in [4.69, 9.17) is 82.1 Å². The zero-order valence-corrected chi connectivity index (χ0v) is 68.5. The summed E-state index contributed by atoms with van der Waals surface area (Å²) in [6, 6.07) is 67.6. The van der Waals surface area contributed by atoms with Gasteiger partial charge in [-0.3, -0.25) is 33.6 Å². The van der Waals surface area contributed by atoms with Gasteiger partial charge in [-0.1, -0.05) is 152 Å². The second-order valence-corrected chi connectivity index (χ2v) is 25.3. The van der Waals surface area contributed by atoms with Crippen molar-refractivity contribution in [2.45, 2.75) is 33.0 Å². The fraction of sp³-hybridized carbons (Fsp3) is 0.124. The van der Waals surface area contributed by atoms with Crippen LogP contribution in [0.25, 0.3) is 0 Å². The molecule has 0 saturated carbocycles. The first kappa shape index (κ1) is 98.9. The van der Waals surface area contributed by atoms with Crippen LogP contribution in [0.1, 0.15) is 197 Å². The van der Waals surface area contributed by atoms with Gasteiger partial charge < -0.3 is 111 Å². The van der Waals surface area contributed by atoms with E-state index in [0.717, 1.165) is 27.8 Å². The Bertz CT molecular complexity index is 5750. The van der Waals surface area contributed by atoms with Crippen LogP contribution in [0.5, 0.6) is 0 Å². The van der Waals surface area contributed by atoms with Crippen molar-refractivity contribution in [3.63, 3.8) is 0 Å². The van der Waals surface area contributed by atoms with Crippen LogP contribution < -0.4 is 22.1 Å². The van der Waals surface area contributed by atoms with Crippen LogP contribution in [-0.2, 0) is 56.7 Å². The molecule has 128 heavy (non-hydrogen) atoms. The van der Waals surface area contributed by atoms with Crippen LogP contribution in [0.15, 0.2) is 284 Å². The van der Waals surface area contributed by atoms with Gasteiger partial charge in [-0.2, -0.15) is 0 Å². The molecule has 0 aliphatic heterocycles. The second kappa shape index (κ2) is 51.0. The van der Waals surface area contributed by atoms with Gasteiger partial charge in [0.25, 0.3) is 35.4 Å². The van der Waals surface area contributed by atoms with E-state index in [9.17, 15) is 76.7 Å². The number of carboxylic acids is 4. The fourth-order valence-corrected chi connectivity index (χ4v) is 9.19. The van der Waals surface area contributed by atoms with Crippen LogP contribution in [-0.4, -0.2) is 168 Å². The van der Waals surface area contributed by atoms with E-state index < -0.39 is 71.4 Å². The maximum atomic E-state index is 11.8. The van der Waals surface area contributed by atoms with Crippen LogP contribution in [0.4, 0.5) is 0 Å². The number of aldehydes is 1. The highest BCUT2D eigenvalue weighted by atomic mass is 16.6. The number of nitrogens with two attached hydrogens (primary N) is 2. The summed E-state index contributed by atoms with van der Waals surface area (Å²) in [4.78, 5) is 179. The third-order valence-electron chi connectivity index (χ3n) is 15.5. The second-order valence-electron chi connectivity index (χ2n) is 25.3. The highest BCUT2D eigenvalue weighted by molar-refractivity contribution is 5.97. The molecule has 39 nitrogen and oxygen atoms in total. The summed E-state index contributed by atoms with van der Waals surface area (Å²) in [5.41, 5.74) is 14.2. The minimum Gasteiger partial charge on any atom is -0.475 e. The SMILES string of the molecule is CN(C)C(=O)c1ccc(C(=O)O)o1.CN(C)C(=O)c1ccc(C(=O)OCc2ccccc2)o1.CNC(=O)c1ccc(C(=O)O)o1.CNC(=O)c1ccc(C(=O)OCc2ccccc2)o1.NC(=O)c1ccc(C(=O)O)o1.NC(=O)c1ccc(C(=O)OCc2ccccc2)o1.O=C(O)c1ccc(C(=O)OCc2ccccc2)o1.O=Cc1ccc(C(=O)OCc2ccccc2)o1. The van der Waals surface area contributed by atoms with Crippen molar-refractivity contribution in [2.24, 2.45) is 11.5 Å². The molecular formula is C89H80N6O33. The van der Waals surface area contributed by atoms with Crippen molar-refractivity contribution < 1.29 is 156 Å². The molecule has 8 aromatic heterocycles. The number of nitrogens with one attached hydrogen (secondary N) is 2. The van der Waals surface area contributed by atoms with E-state index in [1.165, 1.54) is 121 Å². The molecule has 5 aromatic carbocycles. The van der Waals surface area contributed by atoms with E-state index in [-0.39, 0.29) is 143 Å². The van der Waals surface area contributed by atoms with Crippen LogP contribution in [0.3, 0.4) is 0 Å². The van der Waals surface area contributed by atoms with Crippen molar-refractivity contribution in [3.8, 4) is 0 Å². The molecule has 0 unspecified atom stereocenters. The smallest absolute Gasteiger partial charge is 0.374 e. The molecule has 0 radical (unpaired) electrons. The third-order valence-corrected chi connectivity index (χ3v) is 15.5. The molecule has 0 aliphatic rings. The summed E-state index contributed by atoms with van der Waals surface area (Å²) in [5.74, 6) is -12.0. The van der Waals surface area contributed by atoms with E-state index in [1.54, 1.807) is 28.2 Å². The number of amides is 6. The van der Waals surface area contributed by atoms with Crippen molar-refractivity contribution in [1.82, 2.24) is 20.4 Å². The number of carboxylic acid groups (broad SMARTS) is 4. The Balaban J connectivity index is 0.000000227. The molecule has 13 rings (SSSR count). The molecule has 0 bridgehead atoms. The van der Waals surface area contributed by atoms with Gasteiger partial charge in [0.15, 0.2) is 46.6 Å². The number of primary amides is 2. The Kier molecular flexibility index (Phi) is 39.4. The molecule has 39 heteroatoms. The minimum atomic E-state index is -1.22. The molecule has 0 aliphatic carbocycles. The molecule has 10 N–H and O–H groups in total. The predicted octanol–water partition coefficient (Wildman–Crippen LogP) is 11.9. The Morgan fingerprint density at radius 2 is 0.461 bits per heavy atom. The van der Waals surface area contributed by atoms with E-state index in [0.29, 0.717) is 6.29 Å². The summed E-state index contributed by atoms with van der Waals surface area (Å²) in [6.07, 6.45) is 0.536. The summed E-state index contributed by atoms with van der Waals surface area (Å²) in [5, 5.41) is 38.6. The first-order valence-corrected chi connectivity index (χ1v) is 36.9. The number of ether oxygens (including phenoxy) is 5. The van der Waals surface area contributed by atoms with Gasteiger partial charge in [-0.15, -0.1) is 0 Å². The summed E-state index contributed by atoms with van der Waals surface area (Å²) in [6.45, 7) is 0.763. The van der Waals surface area contributed by atoms with Crippen molar-refractivity contribution >= 4 is 95.5 Å². The number of furan rings is 8. The lowest BCUT2D eigenvalue weighted by atomic mass is 10.2.